The second kappa shape index (κ2) is 7.45. The Balaban J connectivity index is 2.25. The monoisotopic (exact) mass is 219 g/mol. The van der Waals surface area contributed by atoms with Gasteiger partial charge in [-0.1, -0.05) is 57.0 Å². The van der Waals surface area contributed by atoms with E-state index in [-0.39, 0.29) is 0 Å². The Labute approximate surface area is 100 Å². The van der Waals surface area contributed by atoms with Crippen LogP contribution in [0, 0.1) is 5.92 Å². The Hall–Kier alpha value is -0.820. The first-order chi connectivity index (χ1) is 7.77. The highest BCUT2D eigenvalue weighted by molar-refractivity contribution is 5.14. The van der Waals surface area contributed by atoms with Crippen molar-refractivity contribution in [1.29, 1.82) is 0 Å². The maximum Gasteiger partial charge on any atom is 0.00670 e. The van der Waals surface area contributed by atoms with Gasteiger partial charge in [0, 0.05) is 6.04 Å². The molecule has 0 radical (unpaired) electrons. The number of aryl methyl sites for hydroxylation is 1. The molecule has 1 heteroatoms. The zero-order valence-electron chi connectivity index (χ0n) is 10.7. The van der Waals surface area contributed by atoms with Crippen molar-refractivity contribution in [3.05, 3.63) is 35.9 Å². The maximum absolute atomic E-state index is 6.20. The van der Waals surface area contributed by atoms with Crippen LogP contribution in [0.3, 0.4) is 0 Å². The molecule has 0 spiro atoms. The van der Waals surface area contributed by atoms with Crippen LogP contribution in [-0.2, 0) is 6.42 Å². The molecule has 2 N–H and O–H groups in total. The number of benzene rings is 1. The minimum Gasteiger partial charge on any atom is -0.327 e. The molecule has 0 aliphatic carbocycles. The molecule has 1 unspecified atom stereocenters. The van der Waals surface area contributed by atoms with E-state index in [1.165, 1.54) is 24.8 Å². The van der Waals surface area contributed by atoms with Gasteiger partial charge in [0.15, 0.2) is 0 Å². The Kier molecular flexibility index (Phi) is 6.17. The van der Waals surface area contributed by atoms with Crippen LogP contribution in [0.25, 0.3) is 0 Å². The molecule has 0 heterocycles. The van der Waals surface area contributed by atoms with Gasteiger partial charge in [-0.05, 0) is 30.7 Å². The van der Waals surface area contributed by atoms with Crippen molar-refractivity contribution >= 4 is 0 Å². The van der Waals surface area contributed by atoms with Gasteiger partial charge in [0.05, 0.1) is 0 Å². The molecule has 0 aliphatic heterocycles. The lowest BCUT2D eigenvalue weighted by atomic mass is 9.91. The zero-order valence-corrected chi connectivity index (χ0v) is 10.7. The number of nitrogens with two attached hydrogens (primary N) is 1. The molecule has 1 aromatic rings. The van der Waals surface area contributed by atoms with E-state index in [4.69, 9.17) is 5.73 Å². The van der Waals surface area contributed by atoms with Crippen LogP contribution in [0.1, 0.15) is 45.1 Å². The average Bonchev–Trinajstić information content (AvgIpc) is 2.32. The second-order valence-electron chi connectivity index (χ2n) is 4.62. The minimum atomic E-state index is 0.388. The SMILES string of the molecule is CCC(CC)C(N)CCCc1ccccc1. The fourth-order valence-electron chi connectivity index (χ4n) is 2.32. The van der Waals surface area contributed by atoms with E-state index in [0.29, 0.717) is 12.0 Å². The van der Waals surface area contributed by atoms with E-state index < -0.39 is 0 Å². The van der Waals surface area contributed by atoms with Crippen molar-refractivity contribution in [2.24, 2.45) is 11.7 Å². The van der Waals surface area contributed by atoms with E-state index in [1.54, 1.807) is 0 Å². The summed E-state index contributed by atoms with van der Waals surface area (Å²) in [5, 5.41) is 0. The Bertz CT molecular complexity index is 264. The van der Waals surface area contributed by atoms with Crippen molar-refractivity contribution in [2.45, 2.75) is 52.0 Å². The van der Waals surface area contributed by atoms with Gasteiger partial charge in [0.2, 0.25) is 0 Å². The van der Waals surface area contributed by atoms with Crippen LogP contribution < -0.4 is 5.73 Å². The molecular weight excluding hydrogens is 194 g/mol. The fraction of sp³-hybridized carbons (Fsp3) is 0.600. The van der Waals surface area contributed by atoms with Crippen molar-refractivity contribution < 1.29 is 0 Å². The first-order valence-electron chi connectivity index (χ1n) is 6.57. The minimum absolute atomic E-state index is 0.388. The summed E-state index contributed by atoms with van der Waals surface area (Å²) in [6.45, 7) is 4.48. The topological polar surface area (TPSA) is 26.0 Å². The zero-order chi connectivity index (χ0) is 11.8. The Morgan fingerprint density at radius 3 is 2.25 bits per heavy atom. The summed E-state index contributed by atoms with van der Waals surface area (Å²) in [6, 6.07) is 11.1. The third-order valence-corrected chi connectivity index (χ3v) is 3.50. The van der Waals surface area contributed by atoms with Gasteiger partial charge < -0.3 is 5.73 Å². The summed E-state index contributed by atoms with van der Waals surface area (Å²) in [6.07, 6.45) is 5.95. The largest absolute Gasteiger partial charge is 0.327 e. The van der Waals surface area contributed by atoms with Gasteiger partial charge >= 0.3 is 0 Å². The highest BCUT2D eigenvalue weighted by Crippen LogP contribution is 2.16. The predicted molar refractivity (Wildman–Crippen MR) is 71.4 cm³/mol. The molecule has 0 fully saturated rings. The van der Waals surface area contributed by atoms with Gasteiger partial charge in [-0.3, -0.25) is 0 Å². The second-order valence-corrected chi connectivity index (χ2v) is 4.62. The average molecular weight is 219 g/mol. The molecule has 0 amide bonds. The van der Waals surface area contributed by atoms with Gasteiger partial charge in [0.25, 0.3) is 0 Å². The van der Waals surface area contributed by atoms with E-state index in [9.17, 15) is 0 Å². The van der Waals surface area contributed by atoms with Crippen LogP contribution in [-0.4, -0.2) is 6.04 Å². The van der Waals surface area contributed by atoms with E-state index in [2.05, 4.69) is 44.2 Å². The maximum atomic E-state index is 6.20. The third kappa shape index (κ3) is 4.36. The highest BCUT2D eigenvalue weighted by atomic mass is 14.6. The molecule has 1 nitrogen and oxygen atoms in total. The van der Waals surface area contributed by atoms with Crippen LogP contribution in [0.5, 0.6) is 0 Å². The van der Waals surface area contributed by atoms with Crippen LogP contribution in [0.15, 0.2) is 30.3 Å². The molecule has 0 saturated heterocycles. The fourth-order valence-corrected chi connectivity index (χ4v) is 2.32. The van der Waals surface area contributed by atoms with Gasteiger partial charge in [-0.25, -0.2) is 0 Å². The summed E-state index contributed by atoms with van der Waals surface area (Å²) >= 11 is 0. The lowest BCUT2D eigenvalue weighted by Crippen LogP contribution is -2.29. The van der Waals surface area contributed by atoms with Gasteiger partial charge in [-0.2, -0.15) is 0 Å². The van der Waals surface area contributed by atoms with Crippen molar-refractivity contribution in [3.63, 3.8) is 0 Å². The summed E-state index contributed by atoms with van der Waals surface area (Å²) < 4.78 is 0. The van der Waals surface area contributed by atoms with Crippen LogP contribution >= 0.6 is 0 Å². The third-order valence-electron chi connectivity index (χ3n) is 3.50. The molecule has 1 rings (SSSR count). The molecular formula is C15H25N. The van der Waals surface area contributed by atoms with E-state index in [1.807, 2.05) is 0 Å². The predicted octanol–water partition coefficient (Wildman–Crippen LogP) is 3.77. The Morgan fingerprint density at radius 2 is 1.69 bits per heavy atom. The van der Waals surface area contributed by atoms with E-state index in [0.717, 1.165) is 12.8 Å². The lowest BCUT2D eigenvalue weighted by molar-refractivity contribution is 0.371. The molecule has 0 bridgehead atoms. The van der Waals surface area contributed by atoms with Gasteiger partial charge in [-0.15, -0.1) is 0 Å². The molecule has 16 heavy (non-hydrogen) atoms. The summed E-state index contributed by atoms with van der Waals surface area (Å²) in [7, 11) is 0. The summed E-state index contributed by atoms with van der Waals surface area (Å²) in [5.41, 5.74) is 7.63. The van der Waals surface area contributed by atoms with Crippen LogP contribution in [0.2, 0.25) is 0 Å². The van der Waals surface area contributed by atoms with E-state index >= 15 is 0 Å². The van der Waals surface area contributed by atoms with Crippen molar-refractivity contribution in [3.8, 4) is 0 Å². The normalized spacial score (nSPS) is 13.0. The van der Waals surface area contributed by atoms with Gasteiger partial charge in [0.1, 0.15) is 0 Å². The number of hydrogen-bond donors (Lipinski definition) is 1. The molecule has 90 valence electrons. The lowest BCUT2D eigenvalue weighted by Gasteiger charge is -2.20. The molecule has 1 aromatic carbocycles. The summed E-state index contributed by atoms with van der Waals surface area (Å²) in [5.74, 6) is 0.704. The van der Waals surface area contributed by atoms with Crippen molar-refractivity contribution in [2.75, 3.05) is 0 Å². The van der Waals surface area contributed by atoms with Crippen molar-refractivity contribution in [1.82, 2.24) is 0 Å². The quantitative estimate of drug-likeness (QED) is 0.742. The molecule has 1 atom stereocenters. The molecule has 0 aliphatic rings. The van der Waals surface area contributed by atoms with Crippen LogP contribution in [0.4, 0.5) is 0 Å². The summed E-state index contributed by atoms with van der Waals surface area (Å²) in [4.78, 5) is 0. The number of rotatable bonds is 7. The number of hydrogen-bond acceptors (Lipinski definition) is 1. The first-order valence-corrected chi connectivity index (χ1v) is 6.57. The molecule has 0 saturated carbocycles. The Morgan fingerprint density at radius 1 is 1.06 bits per heavy atom. The standard InChI is InChI=1S/C15H25N/c1-3-14(4-2)15(16)12-8-11-13-9-6-5-7-10-13/h5-7,9-10,14-15H,3-4,8,11-12,16H2,1-2H3. The first kappa shape index (κ1) is 13.2. The smallest absolute Gasteiger partial charge is 0.00670 e. The highest BCUT2D eigenvalue weighted by Gasteiger charge is 2.12. The molecule has 0 aromatic heterocycles.